The number of nitrogens with one attached hydrogen (secondary N) is 1. The van der Waals surface area contributed by atoms with Crippen LogP contribution in [0.3, 0.4) is 0 Å². The summed E-state index contributed by atoms with van der Waals surface area (Å²) in [5, 5.41) is 3.21. The van der Waals surface area contributed by atoms with Gasteiger partial charge in [-0.05, 0) is 32.5 Å². The summed E-state index contributed by atoms with van der Waals surface area (Å²) in [6.07, 6.45) is 0.958. The Bertz CT molecular complexity index is 574. The Balaban J connectivity index is 2.27. The monoisotopic (exact) mass is 311 g/mol. The lowest BCUT2D eigenvalue weighted by Crippen LogP contribution is -2.51. The third kappa shape index (κ3) is 3.56. The van der Waals surface area contributed by atoms with Gasteiger partial charge in [0, 0.05) is 32.2 Å². The van der Waals surface area contributed by atoms with Crippen molar-refractivity contribution in [1.82, 2.24) is 9.21 Å². The van der Waals surface area contributed by atoms with Gasteiger partial charge in [-0.2, -0.15) is 4.31 Å². The summed E-state index contributed by atoms with van der Waals surface area (Å²) < 4.78 is 27.4. The molecule has 0 saturated carbocycles. The Labute approximate surface area is 128 Å². The van der Waals surface area contributed by atoms with E-state index in [1.54, 1.807) is 16.4 Å². The van der Waals surface area contributed by atoms with Crippen molar-refractivity contribution in [2.45, 2.75) is 31.2 Å². The molecule has 0 spiro atoms. The quantitative estimate of drug-likeness (QED) is 0.901. The Hall–Kier alpha value is -1.11. The second-order valence-electron chi connectivity index (χ2n) is 5.62. The van der Waals surface area contributed by atoms with Gasteiger partial charge in [0.05, 0.1) is 5.69 Å². The van der Waals surface area contributed by atoms with Crippen LogP contribution in [0, 0.1) is 0 Å². The summed E-state index contributed by atoms with van der Waals surface area (Å²) in [6, 6.07) is 7.41. The average molecular weight is 311 g/mol. The van der Waals surface area contributed by atoms with E-state index in [0.29, 0.717) is 23.7 Å². The normalized spacial score (nSPS) is 21.4. The number of sulfonamides is 1. The average Bonchev–Trinajstić information content (AvgIpc) is 2.48. The van der Waals surface area contributed by atoms with Gasteiger partial charge < -0.3 is 10.2 Å². The van der Waals surface area contributed by atoms with E-state index in [1.807, 2.05) is 19.2 Å². The number of hydrogen-bond acceptors (Lipinski definition) is 4. The summed E-state index contributed by atoms with van der Waals surface area (Å²) in [6.45, 7) is 6.75. The van der Waals surface area contributed by atoms with Crippen molar-refractivity contribution >= 4 is 15.7 Å². The van der Waals surface area contributed by atoms with E-state index in [4.69, 9.17) is 0 Å². The minimum absolute atomic E-state index is 0.240. The molecule has 118 valence electrons. The highest BCUT2D eigenvalue weighted by atomic mass is 32.2. The largest absolute Gasteiger partial charge is 0.384 e. The molecule has 6 heteroatoms. The maximum absolute atomic E-state index is 12.9. The molecule has 1 aromatic carbocycles. The lowest BCUT2D eigenvalue weighted by Gasteiger charge is -2.37. The van der Waals surface area contributed by atoms with E-state index < -0.39 is 10.0 Å². The van der Waals surface area contributed by atoms with Gasteiger partial charge in [-0.25, -0.2) is 8.42 Å². The summed E-state index contributed by atoms with van der Waals surface area (Å²) in [5.74, 6) is 0. The van der Waals surface area contributed by atoms with Crippen LogP contribution in [0.4, 0.5) is 5.69 Å². The SMILES string of the molecule is CCCNc1ccccc1S(=O)(=O)N1CCN(C)C(C)C1. The molecule has 1 unspecified atom stereocenters. The van der Waals surface area contributed by atoms with Gasteiger partial charge in [0.25, 0.3) is 0 Å². The minimum Gasteiger partial charge on any atom is -0.384 e. The van der Waals surface area contributed by atoms with Crippen LogP contribution in [0.15, 0.2) is 29.2 Å². The maximum atomic E-state index is 12.9. The molecule has 1 heterocycles. The Morgan fingerprint density at radius 3 is 2.67 bits per heavy atom. The molecule has 1 atom stereocenters. The Kier molecular flexibility index (Phi) is 5.24. The van der Waals surface area contributed by atoms with Gasteiger partial charge in [-0.3, -0.25) is 0 Å². The fraction of sp³-hybridized carbons (Fsp3) is 0.600. The van der Waals surface area contributed by atoms with Gasteiger partial charge in [0.1, 0.15) is 4.90 Å². The summed E-state index contributed by atoms with van der Waals surface area (Å²) in [7, 11) is -1.40. The number of anilines is 1. The van der Waals surface area contributed by atoms with E-state index in [0.717, 1.165) is 19.5 Å². The number of likely N-dealkylation sites (N-methyl/N-ethyl adjacent to an activating group) is 1. The molecule has 2 rings (SSSR count). The number of benzene rings is 1. The number of hydrogen-bond donors (Lipinski definition) is 1. The predicted octanol–water partition coefficient (Wildman–Crippen LogP) is 1.83. The highest BCUT2D eigenvalue weighted by Crippen LogP contribution is 2.26. The second-order valence-corrected chi connectivity index (χ2v) is 7.52. The lowest BCUT2D eigenvalue weighted by molar-refractivity contribution is 0.159. The molecule has 0 radical (unpaired) electrons. The van der Waals surface area contributed by atoms with Crippen LogP contribution in [0.5, 0.6) is 0 Å². The fourth-order valence-corrected chi connectivity index (χ4v) is 4.15. The number of piperazine rings is 1. The van der Waals surface area contributed by atoms with Gasteiger partial charge in [-0.1, -0.05) is 19.1 Å². The molecule has 1 saturated heterocycles. The van der Waals surface area contributed by atoms with E-state index >= 15 is 0 Å². The van der Waals surface area contributed by atoms with Crippen molar-refractivity contribution in [1.29, 1.82) is 0 Å². The molecule has 0 bridgehead atoms. The van der Waals surface area contributed by atoms with Crippen LogP contribution in [0.2, 0.25) is 0 Å². The summed E-state index contributed by atoms with van der Waals surface area (Å²) in [5.41, 5.74) is 0.700. The van der Waals surface area contributed by atoms with E-state index in [1.165, 1.54) is 0 Å². The highest BCUT2D eigenvalue weighted by molar-refractivity contribution is 7.89. The molecule has 5 nitrogen and oxygen atoms in total. The van der Waals surface area contributed by atoms with Gasteiger partial charge in [0.2, 0.25) is 10.0 Å². The molecule has 1 aromatic rings. The molecule has 0 aromatic heterocycles. The van der Waals surface area contributed by atoms with Gasteiger partial charge >= 0.3 is 0 Å². The first-order chi connectivity index (χ1) is 9.96. The zero-order valence-electron chi connectivity index (χ0n) is 13.0. The predicted molar refractivity (Wildman–Crippen MR) is 86.1 cm³/mol. The molecular formula is C15H25N3O2S. The summed E-state index contributed by atoms with van der Waals surface area (Å²) in [4.78, 5) is 2.57. The highest BCUT2D eigenvalue weighted by Gasteiger charge is 2.32. The number of para-hydroxylation sites is 1. The molecule has 1 aliphatic rings. The third-order valence-electron chi connectivity index (χ3n) is 3.99. The first-order valence-corrected chi connectivity index (χ1v) is 8.94. The minimum atomic E-state index is -3.44. The van der Waals surface area contributed by atoms with Crippen molar-refractivity contribution in [2.24, 2.45) is 0 Å². The maximum Gasteiger partial charge on any atom is 0.245 e. The van der Waals surface area contributed by atoms with E-state index in [2.05, 4.69) is 24.1 Å². The van der Waals surface area contributed by atoms with Crippen LogP contribution in [0.25, 0.3) is 0 Å². The molecule has 1 fully saturated rings. The van der Waals surface area contributed by atoms with Crippen molar-refractivity contribution in [2.75, 3.05) is 38.5 Å². The van der Waals surface area contributed by atoms with Crippen LogP contribution >= 0.6 is 0 Å². The van der Waals surface area contributed by atoms with Crippen molar-refractivity contribution in [3.8, 4) is 0 Å². The molecule has 0 aliphatic carbocycles. The molecule has 1 N–H and O–H groups in total. The van der Waals surface area contributed by atoms with Crippen molar-refractivity contribution in [3.63, 3.8) is 0 Å². The molecule has 0 amide bonds. The van der Waals surface area contributed by atoms with E-state index in [-0.39, 0.29) is 6.04 Å². The molecule has 21 heavy (non-hydrogen) atoms. The topological polar surface area (TPSA) is 52.7 Å². The van der Waals surface area contributed by atoms with Crippen molar-refractivity contribution in [3.05, 3.63) is 24.3 Å². The first kappa shape index (κ1) is 16.3. The Morgan fingerprint density at radius 2 is 2.00 bits per heavy atom. The Morgan fingerprint density at radius 1 is 1.29 bits per heavy atom. The smallest absolute Gasteiger partial charge is 0.245 e. The van der Waals surface area contributed by atoms with Crippen molar-refractivity contribution < 1.29 is 8.42 Å². The standard InChI is InChI=1S/C15H25N3O2S/c1-4-9-16-14-7-5-6-8-15(14)21(19,20)18-11-10-17(3)13(2)12-18/h5-8,13,16H,4,9-12H2,1-3H3. The number of nitrogens with zero attached hydrogens (tertiary/aromatic N) is 2. The van der Waals surface area contributed by atoms with Gasteiger partial charge in [-0.15, -0.1) is 0 Å². The zero-order chi connectivity index (χ0) is 15.5. The first-order valence-electron chi connectivity index (χ1n) is 7.50. The zero-order valence-corrected chi connectivity index (χ0v) is 13.9. The van der Waals surface area contributed by atoms with Gasteiger partial charge in [0.15, 0.2) is 0 Å². The van der Waals surface area contributed by atoms with Crippen LogP contribution < -0.4 is 5.32 Å². The number of rotatable bonds is 5. The fourth-order valence-electron chi connectivity index (χ4n) is 2.47. The second kappa shape index (κ2) is 6.77. The van der Waals surface area contributed by atoms with Crippen LogP contribution in [0.1, 0.15) is 20.3 Å². The van der Waals surface area contributed by atoms with Crippen LogP contribution in [-0.4, -0.2) is 56.9 Å². The summed E-state index contributed by atoms with van der Waals surface area (Å²) >= 11 is 0. The lowest BCUT2D eigenvalue weighted by atomic mass is 10.2. The van der Waals surface area contributed by atoms with E-state index in [9.17, 15) is 8.42 Å². The molecular weight excluding hydrogens is 286 g/mol. The third-order valence-corrected chi connectivity index (χ3v) is 5.92. The van der Waals surface area contributed by atoms with Crippen LogP contribution in [-0.2, 0) is 10.0 Å². The molecule has 1 aliphatic heterocycles.